The molecule has 0 aliphatic carbocycles. The molecular weight excluding hydrogens is 631 g/mol. The summed E-state index contributed by atoms with van der Waals surface area (Å²) in [5, 5.41) is 3.00. The summed E-state index contributed by atoms with van der Waals surface area (Å²) in [6.45, 7) is -1.89. The van der Waals surface area contributed by atoms with Crippen molar-refractivity contribution in [1.29, 1.82) is 0 Å². The van der Waals surface area contributed by atoms with E-state index in [9.17, 15) is 75.8 Å². The molecule has 3 amide bonds. The predicted octanol–water partition coefficient (Wildman–Crippen LogP) is 4.60. The maximum Gasteiger partial charge on any atom is 0.435 e. The van der Waals surface area contributed by atoms with E-state index in [4.69, 9.17) is 0 Å². The second kappa shape index (κ2) is 11.6. The van der Waals surface area contributed by atoms with Gasteiger partial charge in [-0.1, -0.05) is 17.6 Å². The lowest BCUT2D eigenvalue weighted by molar-refractivity contribution is -0.348. The van der Waals surface area contributed by atoms with Gasteiger partial charge in [-0.05, 0) is 18.2 Å². The van der Waals surface area contributed by atoms with Gasteiger partial charge in [0, 0.05) is 18.3 Å². The molecule has 0 unspecified atom stereocenters. The Balaban J connectivity index is 2.52. The summed E-state index contributed by atoms with van der Waals surface area (Å²) in [4.78, 5) is 36.3. The molecule has 6 nitrogen and oxygen atoms in total. The van der Waals surface area contributed by atoms with Crippen LogP contribution in [0.1, 0.15) is 21.5 Å². The summed E-state index contributed by atoms with van der Waals surface area (Å²) >= 11 is 0. The lowest BCUT2D eigenvalue weighted by Crippen LogP contribution is -2.51. The third-order valence-electron chi connectivity index (χ3n) is 5.51. The van der Waals surface area contributed by atoms with E-state index in [-0.39, 0.29) is 11.0 Å². The van der Waals surface area contributed by atoms with Crippen LogP contribution in [-0.2, 0) is 21.4 Å². The molecule has 0 aromatic heterocycles. The first-order valence-electron chi connectivity index (χ1n) is 11.0. The van der Waals surface area contributed by atoms with Crippen LogP contribution in [0, 0.1) is 5.82 Å². The van der Waals surface area contributed by atoms with Gasteiger partial charge in [-0.15, -0.1) is 0 Å². The number of hydrogen-bond donors (Lipinski definition) is 2. The lowest BCUT2D eigenvalue weighted by atomic mass is 9.83. The zero-order valence-corrected chi connectivity index (χ0v) is 21.1. The van der Waals surface area contributed by atoms with Crippen LogP contribution < -0.4 is 16.1 Å². The number of carbonyl (C=O) groups is 3. The minimum atomic E-state index is -6.78. The predicted molar refractivity (Wildman–Crippen MR) is 121 cm³/mol. The molecule has 0 atom stereocenters. The molecule has 2 aromatic rings. The molecule has 0 fully saturated rings. The van der Waals surface area contributed by atoms with Crippen LogP contribution in [-0.4, -0.2) is 62.6 Å². The van der Waals surface area contributed by atoms with E-state index in [2.05, 4.69) is 0 Å². The van der Waals surface area contributed by atoms with Crippen molar-refractivity contribution in [3.8, 4) is 0 Å². The summed E-state index contributed by atoms with van der Waals surface area (Å²) in [6, 6.07) is 0.940. The fourth-order valence-corrected chi connectivity index (χ4v) is 3.54. The smallest absolute Gasteiger partial charge is 0.328 e. The summed E-state index contributed by atoms with van der Waals surface area (Å²) in [5.41, 5.74) is -16.1. The van der Waals surface area contributed by atoms with Crippen molar-refractivity contribution < 1.29 is 75.8 Å². The lowest BCUT2D eigenvalue weighted by Gasteiger charge is -2.31. The summed E-state index contributed by atoms with van der Waals surface area (Å²) in [5.74, 6) is -7.25. The number of alkyl halides is 13. The number of carbonyl (C=O) groups excluding carboxylic acids is 3. The number of nitrogens with one attached hydrogen (secondary N) is 2. The van der Waals surface area contributed by atoms with Crippen LogP contribution in [0.15, 0.2) is 30.3 Å². The zero-order chi connectivity index (χ0) is 33.5. The Morgan fingerprint density at radius 1 is 0.837 bits per heavy atom. The van der Waals surface area contributed by atoms with Gasteiger partial charge in [0.05, 0.1) is 16.8 Å². The average molecular weight is 645 g/mol. The second-order valence-corrected chi connectivity index (χ2v) is 8.72. The molecule has 0 bridgehead atoms. The van der Waals surface area contributed by atoms with E-state index >= 15 is 0 Å². The first-order valence-corrected chi connectivity index (χ1v) is 11.0. The summed E-state index contributed by atoms with van der Waals surface area (Å²) < 4.78 is 187. The fraction of sp³-hybridized carbons (Fsp3) is 0.318. The Kier molecular flexibility index (Phi) is 9.44. The van der Waals surface area contributed by atoms with Crippen LogP contribution in [0.4, 0.5) is 72.8 Å². The fourth-order valence-electron chi connectivity index (χ4n) is 3.54. The molecule has 2 aromatic carbocycles. The average Bonchev–Trinajstić information content (AvgIpc) is 2.81. The first-order chi connectivity index (χ1) is 19.2. The molecule has 2 rings (SSSR count). The van der Waals surface area contributed by atoms with Crippen LogP contribution in [0.3, 0.4) is 0 Å². The summed E-state index contributed by atoms with van der Waals surface area (Å²) in [6.07, 6.45) is -24.3. The monoisotopic (exact) mass is 645 g/mol. The third-order valence-corrected chi connectivity index (χ3v) is 5.51. The molecule has 0 aliphatic rings. The van der Waals surface area contributed by atoms with Crippen molar-refractivity contribution in [3.63, 3.8) is 0 Å². The van der Waals surface area contributed by atoms with E-state index in [1.165, 1.54) is 5.32 Å². The minimum Gasteiger partial charge on any atom is -0.328 e. The SMILES string of the molecule is Bc1cc(C(F)(C(F)(F)F)C(F)(F)F)cc(C(F)(F)F)c1NC(=O)c1cccc(NC(=O)C(=O)N(C)CC(F)(F)F)c1F. The summed E-state index contributed by atoms with van der Waals surface area (Å²) in [7, 11) is 1.05. The van der Waals surface area contributed by atoms with Crippen molar-refractivity contribution >= 4 is 42.4 Å². The van der Waals surface area contributed by atoms with Crippen molar-refractivity contribution in [2.45, 2.75) is 30.4 Å². The standard InChI is InChI=1S/C22H14BF14N3O3/c1-40(7-18(25,26)27)17(43)16(42)38-12-4-2-3-9(13(12)24)15(41)39-14-10(20(29,30)31)5-8(6-11(14)23)19(28,21(32,33)34)22(35,36)37/h2-6H,7,23H2,1H3,(H,38,42)(H,39,41). The van der Waals surface area contributed by atoms with Crippen molar-refractivity contribution in [3.05, 3.63) is 52.8 Å². The quantitative estimate of drug-likeness (QED) is 0.284. The van der Waals surface area contributed by atoms with Crippen LogP contribution in [0.25, 0.3) is 0 Å². The molecule has 0 heterocycles. The number of halogens is 14. The Labute approximate surface area is 231 Å². The number of anilines is 2. The van der Waals surface area contributed by atoms with Gasteiger partial charge >= 0.3 is 42.2 Å². The molecule has 0 spiro atoms. The number of hydrogen-bond acceptors (Lipinski definition) is 3. The number of likely N-dealkylation sites (N-methyl/N-ethyl adjacent to an activating group) is 1. The van der Waals surface area contributed by atoms with Crippen molar-refractivity contribution in [2.75, 3.05) is 24.2 Å². The van der Waals surface area contributed by atoms with Crippen LogP contribution >= 0.6 is 0 Å². The van der Waals surface area contributed by atoms with Crippen LogP contribution in [0.2, 0.25) is 0 Å². The molecular formula is C22H14BF14N3O3. The van der Waals surface area contributed by atoms with E-state index in [1.807, 2.05) is 0 Å². The van der Waals surface area contributed by atoms with Crippen LogP contribution in [0.5, 0.6) is 0 Å². The normalized spacial score (nSPS) is 13.0. The number of nitrogens with zero attached hydrogens (tertiary/aromatic N) is 1. The molecule has 0 saturated carbocycles. The Morgan fingerprint density at radius 2 is 1.37 bits per heavy atom. The highest BCUT2D eigenvalue weighted by Crippen LogP contribution is 2.54. The molecule has 0 radical (unpaired) electrons. The maximum absolute atomic E-state index is 14.9. The van der Waals surface area contributed by atoms with E-state index in [0.29, 0.717) is 27.0 Å². The molecule has 21 heteroatoms. The first kappa shape index (κ1) is 35.1. The van der Waals surface area contributed by atoms with Gasteiger partial charge in [-0.25, -0.2) is 8.78 Å². The van der Waals surface area contributed by atoms with Gasteiger partial charge in [0.2, 0.25) is 0 Å². The Morgan fingerprint density at radius 3 is 1.84 bits per heavy atom. The van der Waals surface area contributed by atoms with Gasteiger partial charge in [-0.3, -0.25) is 14.4 Å². The van der Waals surface area contributed by atoms with Crippen molar-refractivity contribution in [2.24, 2.45) is 0 Å². The van der Waals surface area contributed by atoms with Crippen molar-refractivity contribution in [1.82, 2.24) is 4.90 Å². The van der Waals surface area contributed by atoms with Gasteiger partial charge in [0.15, 0.2) is 5.82 Å². The zero-order valence-electron chi connectivity index (χ0n) is 21.1. The third kappa shape index (κ3) is 7.48. The van der Waals surface area contributed by atoms with Gasteiger partial charge in [0.1, 0.15) is 14.4 Å². The topological polar surface area (TPSA) is 78.5 Å². The largest absolute Gasteiger partial charge is 0.435 e. The van der Waals surface area contributed by atoms with Gasteiger partial charge in [0.25, 0.3) is 5.91 Å². The van der Waals surface area contributed by atoms with E-state index < -0.39 is 100 Å². The Bertz CT molecular complexity index is 1400. The molecule has 2 N–H and O–H groups in total. The van der Waals surface area contributed by atoms with E-state index in [1.54, 1.807) is 5.32 Å². The minimum absolute atomic E-state index is 0.0986. The number of rotatable bonds is 5. The number of amides is 3. The van der Waals surface area contributed by atoms with E-state index in [0.717, 1.165) is 6.07 Å². The van der Waals surface area contributed by atoms with Gasteiger partial charge < -0.3 is 15.5 Å². The maximum atomic E-state index is 14.9. The van der Waals surface area contributed by atoms with Gasteiger partial charge in [-0.2, -0.15) is 52.7 Å². The molecule has 236 valence electrons. The molecule has 0 saturated heterocycles. The highest BCUT2D eigenvalue weighted by molar-refractivity contribution is 6.39. The molecule has 0 aliphatic heterocycles. The molecule has 43 heavy (non-hydrogen) atoms. The highest BCUT2D eigenvalue weighted by atomic mass is 19.4. The highest BCUT2D eigenvalue weighted by Gasteiger charge is 2.73. The Hall–Kier alpha value is -4.07. The second-order valence-electron chi connectivity index (χ2n) is 8.72. The number of benzene rings is 2.